The van der Waals surface area contributed by atoms with E-state index in [1.54, 1.807) is 4.90 Å². The lowest BCUT2D eigenvalue weighted by molar-refractivity contribution is 0.0918. The second-order valence-corrected chi connectivity index (χ2v) is 9.55. The van der Waals surface area contributed by atoms with Crippen LogP contribution in [0.1, 0.15) is 68.2 Å². The van der Waals surface area contributed by atoms with Gasteiger partial charge in [-0.2, -0.15) is 4.37 Å². The molecule has 30 heavy (non-hydrogen) atoms. The molecule has 4 rings (SSSR count). The molecule has 0 aliphatic heterocycles. The molecule has 2 aliphatic carbocycles. The van der Waals surface area contributed by atoms with Gasteiger partial charge in [-0.1, -0.05) is 19.3 Å². The molecule has 0 bridgehead atoms. The Labute approximate surface area is 183 Å². The van der Waals surface area contributed by atoms with Gasteiger partial charge in [-0.25, -0.2) is 4.79 Å². The average Bonchev–Trinajstić information content (AvgIpc) is 3.43. The standard InChI is InChI=1S/C24H32N2O3S/c1-17-22(16-28-24(27)26(2)19-8-6-7-9-19)23(25-30-17)18-12-14-21(15-13-18)29-20-10-4-3-5-11-20/h12-15,19-20H,3-11,16H2,1-2H3. The van der Waals surface area contributed by atoms with Gasteiger partial charge in [0.25, 0.3) is 0 Å². The van der Waals surface area contributed by atoms with Gasteiger partial charge in [-0.15, -0.1) is 0 Å². The second-order valence-electron chi connectivity index (χ2n) is 8.57. The van der Waals surface area contributed by atoms with Gasteiger partial charge >= 0.3 is 6.09 Å². The first-order chi connectivity index (χ1) is 14.6. The topological polar surface area (TPSA) is 51.7 Å². The highest BCUT2D eigenvalue weighted by atomic mass is 32.1. The minimum absolute atomic E-state index is 0.241. The smallest absolute Gasteiger partial charge is 0.410 e. The molecule has 2 aromatic rings. The Hall–Kier alpha value is -2.08. The summed E-state index contributed by atoms with van der Waals surface area (Å²) in [6.45, 7) is 2.29. The number of ether oxygens (including phenoxy) is 2. The van der Waals surface area contributed by atoms with E-state index in [2.05, 4.69) is 16.5 Å². The Morgan fingerprint density at radius 3 is 2.43 bits per heavy atom. The van der Waals surface area contributed by atoms with Crippen molar-refractivity contribution < 1.29 is 14.3 Å². The summed E-state index contributed by atoms with van der Waals surface area (Å²) in [5, 5.41) is 0. The predicted molar refractivity (Wildman–Crippen MR) is 120 cm³/mol. The van der Waals surface area contributed by atoms with Crippen molar-refractivity contribution in [2.75, 3.05) is 7.05 Å². The predicted octanol–water partition coefficient (Wildman–Crippen LogP) is 6.34. The summed E-state index contributed by atoms with van der Waals surface area (Å²) in [5.74, 6) is 0.920. The Morgan fingerprint density at radius 2 is 1.73 bits per heavy atom. The van der Waals surface area contributed by atoms with Gasteiger partial charge in [-0.05, 0) is 81.2 Å². The summed E-state index contributed by atoms with van der Waals surface area (Å²) in [5.41, 5.74) is 2.93. The quantitative estimate of drug-likeness (QED) is 0.538. The van der Waals surface area contributed by atoms with Gasteiger partial charge in [0, 0.05) is 29.1 Å². The van der Waals surface area contributed by atoms with E-state index in [0.29, 0.717) is 12.1 Å². The van der Waals surface area contributed by atoms with E-state index in [4.69, 9.17) is 9.47 Å². The number of amides is 1. The fourth-order valence-electron chi connectivity index (χ4n) is 4.53. The summed E-state index contributed by atoms with van der Waals surface area (Å²) in [4.78, 5) is 15.3. The van der Waals surface area contributed by atoms with Gasteiger partial charge in [0.05, 0.1) is 11.8 Å². The minimum atomic E-state index is -0.241. The van der Waals surface area contributed by atoms with Gasteiger partial charge in [0.15, 0.2) is 0 Å². The van der Waals surface area contributed by atoms with Gasteiger partial charge in [0.2, 0.25) is 0 Å². The van der Waals surface area contributed by atoms with Gasteiger partial charge in [0.1, 0.15) is 12.4 Å². The first-order valence-corrected chi connectivity index (χ1v) is 12.0. The van der Waals surface area contributed by atoms with E-state index in [1.165, 1.54) is 43.6 Å². The summed E-state index contributed by atoms with van der Waals surface area (Å²) < 4.78 is 16.4. The van der Waals surface area contributed by atoms with Crippen LogP contribution >= 0.6 is 11.5 Å². The maximum Gasteiger partial charge on any atom is 0.410 e. The van der Waals surface area contributed by atoms with Crippen LogP contribution in [0.4, 0.5) is 4.79 Å². The number of hydrogen-bond acceptors (Lipinski definition) is 5. The molecular formula is C24H32N2O3S. The number of aryl methyl sites for hydroxylation is 1. The molecule has 0 atom stereocenters. The van der Waals surface area contributed by atoms with E-state index in [1.807, 2.05) is 26.1 Å². The van der Waals surface area contributed by atoms with Crippen molar-refractivity contribution in [3.63, 3.8) is 0 Å². The Bertz CT molecular complexity index is 837. The number of carbonyl (C=O) groups is 1. The third-order valence-electron chi connectivity index (χ3n) is 6.47. The monoisotopic (exact) mass is 428 g/mol. The van der Waals surface area contributed by atoms with Crippen molar-refractivity contribution in [3.8, 4) is 17.0 Å². The Morgan fingerprint density at radius 1 is 1.07 bits per heavy atom. The molecule has 162 valence electrons. The lowest BCUT2D eigenvalue weighted by Crippen LogP contribution is -2.35. The lowest BCUT2D eigenvalue weighted by atomic mass is 9.98. The first-order valence-electron chi connectivity index (χ1n) is 11.2. The van der Waals surface area contributed by atoms with Crippen LogP contribution in [-0.4, -0.2) is 34.6 Å². The van der Waals surface area contributed by atoms with Crippen molar-refractivity contribution >= 4 is 17.6 Å². The van der Waals surface area contributed by atoms with Crippen LogP contribution in [0.3, 0.4) is 0 Å². The van der Waals surface area contributed by atoms with E-state index in [0.717, 1.165) is 53.1 Å². The van der Waals surface area contributed by atoms with Crippen LogP contribution in [0, 0.1) is 6.92 Å². The molecule has 0 unspecified atom stereocenters. The molecule has 1 aromatic carbocycles. The molecule has 0 N–H and O–H groups in total. The fraction of sp³-hybridized carbons (Fsp3) is 0.583. The molecule has 1 heterocycles. The van der Waals surface area contributed by atoms with Crippen LogP contribution in [0.15, 0.2) is 24.3 Å². The zero-order valence-corrected chi connectivity index (χ0v) is 18.9. The van der Waals surface area contributed by atoms with Gasteiger partial charge in [-0.3, -0.25) is 0 Å². The molecule has 0 spiro atoms. The maximum atomic E-state index is 12.5. The van der Waals surface area contributed by atoms with Crippen LogP contribution in [0.5, 0.6) is 5.75 Å². The number of rotatable bonds is 6. The third kappa shape index (κ3) is 4.97. The highest BCUT2D eigenvalue weighted by Gasteiger charge is 2.25. The average molecular weight is 429 g/mol. The first kappa shape index (κ1) is 21.2. The Balaban J connectivity index is 1.39. The SMILES string of the molecule is Cc1snc(-c2ccc(OC3CCCCC3)cc2)c1COC(=O)N(C)C1CCCC1. The third-order valence-corrected chi connectivity index (χ3v) is 7.26. The highest BCUT2D eigenvalue weighted by molar-refractivity contribution is 7.06. The van der Waals surface area contributed by atoms with Crippen LogP contribution in [-0.2, 0) is 11.3 Å². The highest BCUT2D eigenvalue weighted by Crippen LogP contribution is 2.31. The Kier molecular flexibility index (Phi) is 6.93. The zero-order chi connectivity index (χ0) is 20.9. The van der Waals surface area contributed by atoms with E-state index in [9.17, 15) is 4.79 Å². The maximum absolute atomic E-state index is 12.5. The van der Waals surface area contributed by atoms with Crippen molar-refractivity contribution in [2.24, 2.45) is 0 Å². The van der Waals surface area contributed by atoms with Gasteiger partial charge < -0.3 is 14.4 Å². The molecule has 2 saturated carbocycles. The number of benzene rings is 1. The number of nitrogens with zero attached hydrogens (tertiary/aromatic N) is 2. The summed E-state index contributed by atoms with van der Waals surface area (Å²) >= 11 is 1.46. The summed E-state index contributed by atoms with van der Waals surface area (Å²) in [6.07, 6.45) is 10.8. The van der Waals surface area contributed by atoms with Crippen molar-refractivity contribution in [1.82, 2.24) is 9.27 Å². The largest absolute Gasteiger partial charge is 0.490 e. The molecule has 6 heteroatoms. The molecule has 5 nitrogen and oxygen atoms in total. The molecule has 2 aliphatic rings. The lowest BCUT2D eigenvalue weighted by Gasteiger charge is -2.23. The molecule has 0 radical (unpaired) electrons. The molecule has 1 amide bonds. The molecular weight excluding hydrogens is 396 g/mol. The minimum Gasteiger partial charge on any atom is -0.490 e. The van der Waals surface area contributed by atoms with Crippen LogP contribution in [0.2, 0.25) is 0 Å². The van der Waals surface area contributed by atoms with Crippen molar-refractivity contribution in [2.45, 2.75) is 83.5 Å². The van der Waals surface area contributed by atoms with E-state index >= 15 is 0 Å². The normalized spacial score (nSPS) is 17.8. The van der Waals surface area contributed by atoms with Crippen LogP contribution in [0.25, 0.3) is 11.3 Å². The van der Waals surface area contributed by atoms with Crippen LogP contribution < -0.4 is 4.74 Å². The molecule has 0 saturated heterocycles. The summed E-state index contributed by atoms with van der Waals surface area (Å²) in [6, 6.07) is 8.49. The van der Waals surface area contributed by atoms with Crippen molar-refractivity contribution in [3.05, 3.63) is 34.7 Å². The number of carbonyl (C=O) groups excluding carboxylic acids is 1. The number of hydrogen-bond donors (Lipinski definition) is 0. The number of aromatic nitrogens is 1. The fourth-order valence-corrected chi connectivity index (χ4v) is 5.24. The van der Waals surface area contributed by atoms with E-state index in [-0.39, 0.29) is 12.7 Å². The van der Waals surface area contributed by atoms with Crippen molar-refractivity contribution in [1.29, 1.82) is 0 Å². The summed E-state index contributed by atoms with van der Waals surface area (Å²) in [7, 11) is 1.85. The van der Waals surface area contributed by atoms with E-state index < -0.39 is 0 Å². The molecule has 2 fully saturated rings. The zero-order valence-electron chi connectivity index (χ0n) is 18.1. The molecule has 1 aromatic heterocycles. The second kappa shape index (κ2) is 9.82.